The number of aromatic nitrogens is 1. The zero-order chi connectivity index (χ0) is 16.4. The molecule has 2 heterocycles. The van der Waals surface area contributed by atoms with Crippen molar-refractivity contribution in [2.45, 2.75) is 6.92 Å². The molecule has 0 spiro atoms. The molecule has 0 aliphatic rings. The molecule has 0 aliphatic carbocycles. The van der Waals surface area contributed by atoms with Crippen LogP contribution in [0.4, 0.5) is 0 Å². The molecule has 23 heavy (non-hydrogen) atoms. The van der Waals surface area contributed by atoms with Crippen LogP contribution < -0.4 is 10.2 Å². The molecule has 0 atom stereocenters. The predicted octanol–water partition coefficient (Wildman–Crippen LogP) is 2.78. The van der Waals surface area contributed by atoms with Gasteiger partial charge in [0.15, 0.2) is 6.61 Å². The van der Waals surface area contributed by atoms with Crippen molar-refractivity contribution in [1.82, 2.24) is 4.98 Å². The van der Waals surface area contributed by atoms with Crippen molar-refractivity contribution in [3.05, 3.63) is 45.1 Å². The van der Waals surface area contributed by atoms with Crippen LogP contribution in [0.5, 0.6) is 5.75 Å². The van der Waals surface area contributed by atoms with E-state index in [-0.39, 0.29) is 12.0 Å². The van der Waals surface area contributed by atoms with Crippen molar-refractivity contribution < 1.29 is 18.7 Å². The zero-order valence-electron chi connectivity index (χ0n) is 12.5. The van der Waals surface area contributed by atoms with Gasteiger partial charge in [-0.05, 0) is 18.6 Å². The molecule has 3 aromatic rings. The highest BCUT2D eigenvalue weighted by Gasteiger charge is 2.13. The van der Waals surface area contributed by atoms with E-state index in [9.17, 15) is 9.59 Å². The zero-order valence-corrected chi connectivity index (χ0v) is 13.3. The summed E-state index contributed by atoms with van der Waals surface area (Å²) in [4.78, 5) is 27.9. The van der Waals surface area contributed by atoms with Gasteiger partial charge in [0.25, 0.3) is 0 Å². The van der Waals surface area contributed by atoms with E-state index in [1.807, 2.05) is 0 Å². The summed E-state index contributed by atoms with van der Waals surface area (Å²) in [5, 5.41) is 2.23. The molecule has 1 aromatic carbocycles. The third-order valence-electron chi connectivity index (χ3n) is 3.35. The lowest BCUT2D eigenvalue weighted by Gasteiger charge is -2.09. The van der Waals surface area contributed by atoms with E-state index in [1.54, 1.807) is 29.9 Å². The van der Waals surface area contributed by atoms with Gasteiger partial charge in [0, 0.05) is 11.4 Å². The third-order valence-corrected chi connectivity index (χ3v) is 3.94. The van der Waals surface area contributed by atoms with Gasteiger partial charge in [-0.2, -0.15) is 0 Å². The average molecular weight is 331 g/mol. The fourth-order valence-electron chi connectivity index (χ4n) is 2.14. The van der Waals surface area contributed by atoms with Crippen LogP contribution in [0.2, 0.25) is 0 Å². The van der Waals surface area contributed by atoms with Crippen LogP contribution in [0.3, 0.4) is 0 Å². The molecule has 0 fully saturated rings. The van der Waals surface area contributed by atoms with Crippen LogP contribution >= 0.6 is 11.3 Å². The molecule has 0 saturated carbocycles. The number of carbonyl (C=O) groups is 1. The van der Waals surface area contributed by atoms with Crippen molar-refractivity contribution in [2.75, 3.05) is 13.7 Å². The smallest absolute Gasteiger partial charge is 0.343 e. The van der Waals surface area contributed by atoms with E-state index in [1.165, 1.54) is 24.7 Å². The molecule has 0 amide bonds. The number of benzene rings is 1. The van der Waals surface area contributed by atoms with E-state index in [4.69, 9.17) is 9.15 Å². The minimum atomic E-state index is -0.482. The maximum atomic E-state index is 12.6. The number of thiazole rings is 1. The first-order valence-corrected chi connectivity index (χ1v) is 7.68. The first kappa shape index (κ1) is 15.2. The van der Waals surface area contributed by atoms with E-state index in [0.29, 0.717) is 28.0 Å². The second-order valence-corrected chi connectivity index (χ2v) is 5.55. The molecule has 6 nitrogen and oxygen atoms in total. The van der Waals surface area contributed by atoms with Crippen LogP contribution in [0, 0.1) is 6.92 Å². The van der Waals surface area contributed by atoms with Gasteiger partial charge < -0.3 is 13.9 Å². The quantitative estimate of drug-likeness (QED) is 0.684. The van der Waals surface area contributed by atoms with Crippen molar-refractivity contribution in [2.24, 2.45) is 0 Å². The Labute approximate surface area is 135 Å². The number of rotatable bonds is 4. The second-order valence-electron chi connectivity index (χ2n) is 4.83. The van der Waals surface area contributed by atoms with E-state index < -0.39 is 5.97 Å². The Morgan fingerprint density at radius 1 is 1.39 bits per heavy atom. The summed E-state index contributed by atoms with van der Waals surface area (Å²) in [6, 6.07) is 3.28. The maximum Gasteiger partial charge on any atom is 0.343 e. The fraction of sp³-hybridized carbons (Fsp3) is 0.188. The number of aryl methyl sites for hydroxylation is 1. The largest absolute Gasteiger partial charge is 0.481 e. The van der Waals surface area contributed by atoms with Gasteiger partial charge in [-0.15, -0.1) is 11.3 Å². The number of esters is 1. The van der Waals surface area contributed by atoms with Gasteiger partial charge in [0.2, 0.25) is 5.43 Å². The molecule has 0 N–H and O–H groups in total. The van der Waals surface area contributed by atoms with Crippen molar-refractivity contribution in [3.63, 3.8) is 0 Å². The summed E-state index contributed by atoms with van der Waals surface area (Å²) in [6.45, 7) is 1.59. The Morgan fingerprint density at radius 3 is 2.91 bits per heavy atom. The molecule has 0 aliphatic heterocycles. The van der Waals surface area contributed by atoms with Crippen molar-refractivity contribution in [1.29, 1.82) is 0 Å². The Bertz CT molecular complexity index is 914. The van der Waals surface area contributed by atoms with E-state index >= 15 is 0 Å². The molecular weight excluding hydrogens is 318 g/mol. The molecular formula is C16H13NO5S. The van der Waals surface area contributed by atoms with Crippen LogP contribution in [-0.4, -0.2) is 24.7 Å². The van der Waals surface area contributed by atoms with Crippen molar-refractivity contribution >= 4 is 28.3 Å². The highest BCUT2D eigenvalue weighted by Crippen LogP contribution is 2.26. The molecule has 118 valence electrons. The number of nitrogens with zero attached hydrogens (tertiary/aromatic N) is 1. The number of fused-ring (bicyclic) bond motifs is 1. The topological polar surface area (TPSA) is 78.6 Å². The normalized spacial score (nSPS) is 10.7. The number of ether oxygens (including phenoxy) is 2. The van der Waals surface area contributed by atoms with E-state index in [2.05, 4.69) is 9.72 Å². The Balaban J connectivity index is 2.04. The van der Waals surface area contributed by atoms with E-state index in [0.717, 1.165) is 5.56 Å². The lowest BCUT2D eigenvalue weighted by molar-refractivity contribution is -0.142. The minimum absolute atomic E-state index is 0.153. The van der Waals surface area contributed by atoms with Gasteiger partial charge >= 0.3 is 5.97 Å². The summed E-state index contributed by atoms with van der Waals surface area (Å²) >= 11 is 1.41. The first-order valence-electron chi connectivity index (χ1n) is 6.74. The van der Waals surface area contributed by atoms with Crippen LogP contribution in [-0.2, 0) is 9.53 Å². The minimum Gasteiger partial charge on any atom is -0.481 e. The van der Waals surface area contributed by atoms with Crippen LogP contribution in [0.1, 0.15) is 5.56 Å². The number of hydrogen-bond acceptors (Lipinski definition) is 7. The predicted molar refractivity (Wildman–Crippen MR) is 85.8 cm³/mol. The van der Waals surface area contributed by atoms with Gasteiger partial charge in [-0.3, -0.25) is 4.79 Å². The molecule has 0 bridgehead atoms. The summed E-state index contributed by atoms with van der Waals surface area (Å²) in [7, 11) is 1.29. The summed E-state index contributed by atoms with van der Waals surface area (Å²) in [5.74, 6) is -0.0164. The highest BCUT2D eigenvalue weighted by molar-refractivity contribution is 7.07. The Kier molecular flexibility index (Phi) is 4.12. The monoisotopic (exact) mass is 331 g/mol. The average Bonchev–Trinajstić information content (AvgIpc) is 3.08. The van der Waals surface area contributed by atoms with Gasteiger partial charge in [-0.25, -0.2) is 9.78 Å². The SMILES string of the molecule is COC(=O)COc1cc2occ(-c3cscn3)c(=O)c2cc1C. The third kappa shape index (κ3) is 2.95. The molecule has 7 heteroatoms. The Hall–Kier alpha value is -2.67. The maximum absolute atomic E-state index is 12.6. The summed E-state index contributed by atoms with van der Waals surface area (Å²) in [6.07, 6.45) is 1.39. The number of hydrogen-bond donors (Lipinski definition) is 0. The Morgan fingerprint density at radius 2 is 2.22 bits per heavy atom. The molecule has 0 radical (unpaired) electrons. The molecule has 2 aromatic heterocycles. The summed E-state index contributed by atoms with van der Waals surface area (Å²) < 4.78 is 15.5. The number of carbonyl (C=O) groups excluding carboxylic acids is 1. The molecule has 0 saturated heterocycles. The first-order chi connectivity index (χ1) is 11.1. The lowest BCUT2D eigenvalue weighted by Crippen LogP contribution is -2.13. The lowest BCUT2D eigenvalue weighted by atomic mass is 10.1. The van der Waals surface area contributed by atoms with Crippen LogP contribution in [0.25, 0.3) is 22.2 Å². The standard InChI is InChI=1S/C16H13NO5S/c1-9-3-10-14(4-13(9)22-6-15(18)20-2)21-5-11(16(10)19)12-7-23-8-17-12/h3-5,7-8H,6H2,1-2H3. The molecule has 0 unspecified atom stereocenters. The fourth-order valence-corrected chi connectivity index (χ4v) is 2.69. The van der Waals surface area contributed by atoms with Gasteiger partial charge in [0.1, 0.15) is 17.6 Å². The number of methoxy groups -OCH3 is 1. The highest BCUT2D eigenvalue weighted by atomic mass is 32.1. The van der Waals surface area contributed by atoms with Gasteiger partial charge in [0.05, 0.1) is 29.3 Å². The van der Waals surface area contributed by atoms with Gasteiger partial charge in [-0.1, -0.05) is 0 Å². The summed E-state index contributed by atoms with van der Waals surface area (Å²) in [5.41, 5.74) is 3.63. The van der Waals surface area contributed by atoms with Crippen molar-refractivity contribution in [3.8, 4) is 17.0 Å². The molecule has 3 rings (SSSR count). The van der Waals surface area contributed by atoms with Crippen LogP contribution in [0.15, 0.2) is 38.5 Å². The second kappa shape index (κ2) is 6.21.